The van der Waals surface area contributed by atoms with Crippen molar-refractivity contribution in [1.29, 1.82) is 5.26 Å². The standard InChI is InChI=1S/C9H14N2O/c1-9(2,6-10)8(12)11-5-7-3-4-7/h7H,3-5H2,1-2H3,(H,11,12). The molecule has 0 spiro atoms. The molecule has 0 radical (unpaired) electrons. The molecule has 1 N–H and O–H groups in total. The number of hydrogen-bond donors (Lipinski definition) is 1. The van der Waals surface area contributed by atoms with E-state index in [1.165, 1.54) is 12.8 Å². The third-order valence-corrected chi connectivity index (χ3v) is 2.10. The molecule has 3 heteroatoms. The Labute approximate surface area is 72.8 Å². The molecule has 0 aromatic carbocycles. The SMILES string of the molecule is CC(C)(C#N)C(=O)NCC1CC1. The van der Waals surface area contributed by atoms with Crippen LogP contribution in [-0.2, 0) is 4.79 Å². The molecule has 3 nitrogen and oxygen atoms in total. The van der Waals surface area contributed by atoms with Crippen molar-refractivity contribution < 1.29 is 4.79 Å². The molecule has 0 aromatic heterocycles. The van der Waals surface area contributed by atoms with E-state index in [2.05, 4.69) is 5.32 Å². The molecule has 0 aromatic rings. The predicted octanol–water partition coefficient (Wildman–Crippen LogP) is 1.06. The first kappa shape index (κ1) is 9.05. The van der Waals surface area contributed by atoms with Gasteiger partial charge in [0.25, 0.3) is 0 Å². The molecular weight excluding hydrogens is 152 g/mol. The Kier molecular flexibility index (Phi) is 2.37. The highest BCUT2D eigenvalue weighted by atomic mass is 16.2. The summed E-state index contributed by atoms with van der Waals surface area (Å²) in [6.45, 7) is 4.01. The van der Waals surface area contributed by atoms with Crippen molar-refractivity contribution in [2.75, 3.05) is 6.54 Å². The molecule has 12 heavy (non-hydrogen) atoms. The first-order valence-electron chi connectivity index (χ1n) is 4.26. The average Bonchev–Trinajstić information content (AvgIpc) is 2.83. The van der Waals surface area contributed by atoms with E-state index < -0.39 is 5.41 Å². The van der Waals surface area contributed by atoms with Crippen LogP contribution < -0.4 is 5.32 Å². The van der Waals surface area contributed by atoms with Gasteiger partial charge in [0.1, 0.15) is 5.41 Å². The molecule has 0 saturated heterocycles. The molecule has 0 aliphatic heterocycles. The summed E-state index contributed by atoms with van der Waals surface area (Å²) in [6.07, 6.45) is 2.43. The Morgan fingerprint density at radius 3 is 2.67 bits per heavy atom. The third-order valence-electron chi connectivity index (χ3n) is 2.10. The lowest BCUT2D eigenvalue weighted by Gasteiger charge is -2.14. The Bertz CT molecular complexity index is 223. The number of amides is 1. The lowest BCUT2D eigenvalue weighted by atomic mass is 9.95. The number of nitriles is 1. The Balaban J connectivity index is 2.31. The number of rotatable bonds is 3. The van der Waals surface area contributed by atoms with Gasteiger partial charge in [0.15, 0.2) is 0 Å². The first-order chi connectivity index (χ1) is 5.56. The first-order valence-corrected chi connectivity index (χ1v) is 4.26. The van der Waals surface area contributed by atoms with Crippen molar-refractivity contribution in [1.82, 2.24) is 5.32 Å². The Morgan fingerprint density at radius 2 is 2.25 bits per heavy atom. The molecule has 1 rings (SSSR count). The molecule has 0 atom stereocenters. The van der Waals surface area contributed by atoms with Crippen LogP contribution in [0.25, 0.3) is 0 Å². The lowest BCUT2D eigenvalue weighted by Crippen LogP contribution is -2.36. The van der Waals surface area contributed by atoms with E-state index in [0.29, 0.717) is 5.92 Å². The van der Waals surface area contributed by atoms with E-state index in [9.17, 15) is 4.79 Å². The maximum absolute atomic E-state index is 11.3. The Hall–Kier alpha value is -1.04. The minimum Gasteiger partial charge on any atom is -0.354 e. The Morgan fingerprint density at radius 1 is 1.67 bits per heavy atom. The van der Waals surface area contributed by atoms with E-state index in [0.717, 1.165) is 6.54 Å². The van der Waals surface area contributed by atoms with Crippen LogP contribution in [0.15, 0.2) is 0 Å². The van der Waals surface area contributed by atoms with Crippen molar-refractivity contribution in [3.8, 4) is 6.07 Å². The summed E-state index contributed by atoms with van der Waals surface area (Å²) in [6, 6.07) is 1.97. The fourth-order valence-corrected chi connectivity index (χ4v) is 0.831. The minimum absolute atomic E-state index is 0.156. The van der Waals surface area contributed by atoms with Gasteiger partial charge in [-0.3, -0.25) is 4.79 Å². The van der Waals surface area contributed by atoms with Crippen LogP contribution in [0, 0.1) is 22.7 Å². The molecule has 1 fully saturated rings. The molecule has 0 bridgehead atoms. The number of carbonyl (C=O) groups excluding carboxylic acids is 1. The van der Waals surface area contributed by atoms with Crippen LogP contribution >= 0.6 is 0 Å². The van der Waals surface area contributed by atoms with Crippen LogP contribution in [0.1, 0.15) is 26.7 Å². The minimum atomic E-state index is -0.880. The van der Waals surface area contributed by atoms with Gasteiger partial charge in [-0.15, -0.1) is 0 Å². The van der Waals surface area contributed by atoms with Gasteiger partial charge in [-0.1, -0.05) is 0 Å². The summed E-state index contributed by atoms with van der Waals surface area (Å²) in [5.41, 5.74) is -0.880. The zero-order valence-electron chi connectivity index (χ0n) is 7.55. The van der Waals surface area contributed by atoms with Crippen LogP contribution in [0.3, 0.4) is 0 Å². The van der Waals surface area contributed by atoms with Crippen molar-refractivity contribution in [3.63, 3.8) is 0 Å². The van der Waals surface area contributed by atoms with Gasteiger partial charge in [0.05, 0.1) is 6.07 Å². The van der Waals surface area contributed by atoms with Gasteiger partial charge in [-0.25, -0.2) is 0 Å². The van der Waals surface area contributed by atoms with Crippen molar-refractivity contribution in [2.24, 2.45) is 11.3 Å². The summed E-state index contributed by atoms with van der Waals surface area (Å²) in [7, 11) is 0. The summed E-state index contributed by atoms with van der Waals surface area (Å²) >= 11 is 0. The topological polar surface area (TPSA) is 52.9 Å². The monoisotopic (exact) mass is 166 g/mol. The normalized spacial score (nSPS) is 16.8. The zero-order valence-corrected chi connectivity index (χ0v) is 7.55. The second-order valence-electron chi connectivity index (χ2n) is 3.89. The quantitative estimate of drug-likeness (QED) is 0.681. The van der Waals surface area contributed by atoms with E-state index in [1.807, 2.05) is 6.07 Å². The van der Waals surface area contributed by atoms with Crippen LogP contribution in [0.2, 0.25) is 0 Å². The van der Waals surface area contributed by atoms with Gasteiger partial charge in [-0.05, 0) is 32.6 Å². The third kappa shape index (κ3) is 2.23. The summed E-state index contributed by atoms with van der Waals surface area (Å²) < 4.78 is 0. The van der Waals surface area contributed by atoms with Gasteiger partial charge in [0.2, 0.25) is 5.91 Å². The summed E-state index contributed by atoms with van der Waals surface area (Å²) in [5, 5.41) is 11.4. The fourth-order valence-electron chi connectivity index (χ4n) is 0.831. The number of hydrogen-bond acceptors (Lipinski definition) is 2. The maximum Gasteiger partial charge on any atom is 0.239 e. The van der Waals surface area contributed by atoms with Gasteiger partial charge < -0.3 is 5.32 Å². The van der Waals surface area contributed by atoms with E-state index in [4.69, 9.17) is 5.26 Å². The van der Waals surface area contributed by atoms with Crippen LogP contribution in [-0.4, -0.2) is 12.5 Å². The molecule has 0 heterocycles. The van der Waals surface area contributed by atoms with Gasteiger partial charge >= 0.3 is 0 Å². The van der Waals surface area contributed by atoms with Crippen molar-refractivity contribution >= 4 is 5.91 Å². The largest absolute Gasteiger partial charge is 0.354 e. The molecule has 66 valence electrons. The average molecular weight is 166 g/mol. The van der Waals surface area contributed by atoms with Crippen molar-refractivity contribution in [2.45, 2.75) is 26.7 Å². The van der Waals surface area contributed by atoms with Crippen molar-refractivity contribution in [3.05, 3.63) is 0 Å². The highest BCUT2D eigenvalue weighted by molar-refractivity contribution is 5.84. The summed E-state index contributed by atoms with van der Waals surface area (Å²) in [4.78, 5) is 11.3. The van der Waals surface area contributed by atoms with E-state index in [1.54, 1.807) is 13.8 Å². The van der Waals surface area contributed by atoms with Crippen LogP contribution in [0.4, 0.5) is 0 Å². The zero-order chi connectivity index (χ0) is 9.19. The predicted molar refractivity (Wildman–Crippen MR) is 45.1 cm³/mol. The summed E-state index contributed by atoms with van der Waals surface area (Å²) in [5.74, 6) is 0.514. The highest BCUT2D eigenvalue weighted by Gasteiger charge is 2.29. The molecule has 1 amide bonds. The maximum atomic E-state index is 11.3. The molecule has 0 unspecified atom stereocenters. The molecule has 1 aliphatic carbocycles. The van der Waals surface area contributed by atoms with Gasteiger partial charge in [0, 0.05) is 6.54 Å². The smallest absolute Gasteiger partial charge is 0.239 e. The second kappa shape index (κ2) is 3.14. The lowest BCUT2D eigenvalue weighted by molar-refractivity contribution is -0.126. The number of nitrogens with one attached hydrogen (secondary N) is 1. The van der Waals surface area contributed by atoms with E-state index in [-0.39, 0.29) is 5.91 Å². The number of carbonyl (C=O) groups is 1. The second-order valence-corrected chi connectivity index (χ2v) is 3.89. The molecular formula is C9H14N2O. The van der Waals surface area contributed by atoms with Crippen LogP contribution in [0.5, 0.6) is 0 Å². The van der Waals surface area contributed by atoms with Gasteiger partial charge in [-0.2, -0.15) is 5.26 Å². The highest BCUT2D eigenvalue weighted by Crippen LogP contribution is 2.27. The fraction of sp³-hybridized carbons (Fsp3) is 0.778. The van der Waals surface area contributed by atoms with E-state index >= 15 is 0 Å². The molecule has 1 saturated carbocycles. The molecule has 1 aliphatic rings. The number of nitrogens with zero attached hydrogens (tertiary/aromatic N) is 1.